The number of rotatable bonds is 9. The summed E-state index contributed by atoms with van der Waals surface area (Å²) in [5.74, 6) is 0.462. The van der Waals surface area contributed by atoms with Gasteiger partial charge in [-0.25, -0.2) is 4.79 Å². The van der Waals surface area contributed by atoms with E-state index in [4.69, 9.17) is 14.6 Å². The highest BCUT2D eigenvalue weighted by molar-refractivity contribution is 5.87. The summed E-state index contributed by atoms with van der Waals surface area (Å²) in [5, 5.41) is 11.8. The van der Waals surface area contributed by atoms with Gasteiger partial charge in [-0.15, -0.1) is 0 Å². The van der Waals surface area contributed by atoms with E-state index in [9.17, 15) is 9.59 Å². The number of hydrogen-bond acceptors (Lipinski definition) is 4. The first-order valence-electron chi connectivity index (χ1n) is 8.33. The molecule has 0 unspecified atom stereocenters. The molecule has 1 amide bonds. The monoisotopic (exact) mass is 357 g/mol. The normalized spacial score (nSPS) is 10.2. The molecule has 0 saturated carbocycles. The number of hydrogen-bond donors (Lipinski definition) is 2. The summed E-state index contributed by atoms with van der Waals surface area (Å²) in [6, 6.07) is 12.2. The van der Waals surface area contributed by atoms with E-state index in [0.717, 1.165) is 22.6 Å². The molecule has 0 aliphatic rings. The van der Waals surface area contributed by atoms with Crippen molar-refractivity contribution in [2.24, 2.45) is 0 Å². The first-order valence-corrected chi connectivity index (χ1v) is 8.33. The summed E-state index contributed by atoms with van der Waals surface area (Å²) < 4.78 is 10.5. The van der Waals surface area contributed by atoms with Gasteiger partial charge in [0.25, 0.3) is 0 Å². The van der Waals surface area contributed by atoms with Crippen LogP contribution in [-0.2, 0) is 17.6 Å². The van der Waals surface area contributed by atoms with Crippen molar-refractivity contribution in [3.05, 3.63) is 59.2 Å². The number of aryl methyl sites for hydroxylation is 1. The molecule has 26 heavy (non-hydrogen) atoms. The topological polar surface area (TPSA) is 84.9 Å². The van der Waals surface area contributed by atoms with Crippen molar-refractivity contribution >= 4 is 11.9 Å². The Hall–Kier alpha value is -3.02. The number of nitrogens with one attached hydrogen (secondary N) is 1. The van der Waals surface area contributed by atoms with Gasteiger partial charge >= 0.3 is 5.97 Å². The fourth-order valence-corrected chi connectivity index (χ4v) is 2.56. The predicted molar refractivity (Wildman–Crippen MR) is 98.0 cm³/mol. The van der Waals surface area contributed by atoms with Gasteiger partial charge < -0.3 is 19.9 Å². The van der Waals surface area contributed by atoms with Crippen LogP contribution in [0.15, 0.2) is 42.5 Å². The highest BCUT2D eigenvalue weighted by Crippen LogP contribution is 2.24. The molecule has 0 bridgehead atoms. The lowest BCUT2D eigenvalue weighted by molar-refractivity contribution is -0.121. The van der Waals surface area contributed by atoms with Gasteiger partial charge in [0.15, 0.2) is 0 Å². The Balaban J connectivity index is 1.77. The molecule has 2 N–H and O–H groups in total. The lowest BCUT2D eigenvalue weighted by atomic mass is 10.1. The van der Waals surface area contributed by atoms with Crippen LogP contribution in [-0.4, -0.2) is 37.7 Å². The number of carboxylic acids is 1. The molecule has 2 aromatic carbocycles. The third kappa shape index (κ3) is 5.51. The molecule has 2 aromatic rings. The molecule has 0 atom stereocenters. The number of ether oxygens (including phenoxy) is 2. The number of amides is 1. The van der Waals surface area contributed by atoms with Crippen molar-refractivity contribution in [3.8, 4) is 11.5 Å². The van der Waals surface area contributed by atoms with E-state index >= 15 is 0 Å². The molecule has 6 nitrogen and oxygen atoms in total. The summed E-state index contributed by atoms with van der Waals surface area (Å²) in [6.07, 6.45) is 1.58. The van der Waals surface area contributed by atoms with Crippen LogP contribution < -0.4 is 14.8 Å². The first-order chi connectivity index (χ1) is 12.5. The standard InChI is InChI=1S/C20H23NO5/c1-25-17-9-8-15(18(13-17)26-2)11-12-21-19(22)10-5-14-3-6-16(7-4-14)20(23)24/h3-4,6-9,13H,5,10-12H2,1-2H3,(H,21,22)(H,23,24). The second-order valence-corrected chi connectivity index (χ2v) is 5.78. The minimum atomic E-state index is -0.955. The summed E-state index contributed by atoms with van der Waals surface area (Å²) in [6.45, 7) is 0.513. The summed E-state index contributed by atoms with van der Waals surface area (Å²) in [7, 11) is 3.20. The second-order valence-electron chi connectivity index (χ2n) is 5.78. The minimum Gasteiger partial charge on any atom is -0.497 e. The average molecular weight is 357 g/mol. The Labute approximate surface area is 152 Å². The zero-order valence-corrected chi connectivity index (χ0v) is 15.0. The van der Waals surface area contributed by atoms with Crippen LogP contribution in [0.4, 0.5) is 0 Å². The van der Waals surface area contributed by atoms with Crippen LogP contribution in [0.5, 0.6) is 11.5 Å². The van der Waals surface area contributed by atoms with E-state index in [2.05, 4.69) is 5.32 Å². The molecule has 0 heterocycles. The van der Waals surface area contributed by atoms with E-state index < -0.39 is 5.97 Å². The minimum absolute atomic E-state index is 0.0419. The van der Waals surface area contributed by atoms with Gasteiger partial charge in [-0.3, -0.25) is 4.79 Å². The van der Waals surface area contributed by atoms with Crippen molar-refractivity contribution in [1.29, 1.82) is 0 Å². The number of methoxy groups -OCH3 is 2. The quantitative estimate of drug-likeness (QED) is 0.721. The van der Waals surface area contributed by atoms with E-state index in [1.807, 2.05) is 18.2 Å². The van der Waals surface area contributed by atoms with Gasteiger partial charge in [0, 0.05) is 19.0 Å². The fraction of sp³-hybridized carbons (Fsp3) is 0.300. The molecule has 0 aromatic heterocycles. The van der Waals surface area contributed by atoms with Crippen LogP contribution in [0.25, 0.3) is 0 Å². The SMILES string of the molecule is COc1ccc(CCNC(=O)CCc2ccc(C(=O)O)cc2)c(OC)c1. The first kappa shape index (κ1) is 19.3. The Morgan fingerprint density at radius 1 is 1.00 bits per heavy atom. The lowest BCUT2D eigenvalue weighted by Crippen LogP contribution is -2.26. The van der Waals surface area contributed by atoms with Crippen LogP contribution in [0, 0.1) is 0 Å². The van der Waals surface area contributed by atoms with Gasteiger partial charge in [0.2, 0.25) is 5.91 Å². The Bertz CT molecular complexity index is 755. The van der Waals surface area contributed by atoms with Gasteiger partial charge in [0.1, 0.15) is 11.5 Å². The van der Waals surface area contributed by atoms with E-state index in [-0.39, 0.29) is 11.5 Å². The lowest BCUT2D eigenvalue weighted by Gasteiger charge is -2.11. The number of aromatic carboxylic acids is 1. The zero-order valence-electron chi connectivity index (χ0n) is 15.0. The van der Waals surface area contributed by atoms with Gasteiger partial charge in [-0.1, -0.05) is 18.2 Å². The maximum atomic E-state index is 12.0. The molecule has 138 valence electrons. The van der Waals surface area contributed by atoms with Crippen LogP contribution in [0.1, 0.15) is 27.9 Å². The molecule has 0 saturated heterocycles. The van der Waals surface area contributed by atoms with Gasteiger partial charge in [-0.2, -0.15) is 0 Å². The third-order valence-electron chi connectivity index (χ3n) is 4.05. The molecule has 0 radical (unpaired) electrons. The number of carboxylic acid groups (broad SMARTS) is 1. The maximum absolute atomic E-state index is 12.0. The van der Waals surface area contributed by atoms with Crippen LogP contribution in [0.3, 0.4) is 0 Å². The second kappa shape index (κ2) is 9.46. The van der Waals surface area contributed by atoms with Gasteiger partial charge in [0.05, 0.1) is 19.8 Å². The van der Waals surface area contributed by atoms with Gasteiger partial charge in [-0.05, 0) is 42.2 Å². The van der Waals surface area contributed by atoms with Crippen LogP contribution >= 0.6 is 0 Å². The largest absolute Gasteiger partial charge is 0.497 e. The smallest absolute Gasteiger partial charge is 0.335 e. The summed E-state index contributed by atoms with van der Waals surface area (Å²) in [4.78, 5) is 22.8. The predicted octanol–water partition coefficient (Wildman–Crippen LogP) is 2.69. The zero-order chi connectivity index (χ0) is 18.9. The molecule has 0 fully saturated rings. The van der Waals surface area contributed by atoms with Crippen molar-refractivity contribution in [2.45, 2.75) is 19.3 Å². The molecule has 6 heteroatoms. The van der Waals surface area contributed by atoms with Crippen molar-refractivity contribution < 1.29 is 24.2 Å². The van der Waals surface area contributed by atoms with Crippen molar-refractivity contribution in [2.75, 3.05) is 20.8 Å². The third-order valence-corrected chi connectivity index (χ3v) is 4.05. The average Bonchev–Trinajstić information content (AvgIpc) is 2.66. The van der Waals surface area contributed by atoms with Crippen molar-refractivity contribution in [1.82, 2.24) is 5.32 Å². The Morgan fingerprint density at radius 2 is 1.73 bits per heavy atom. The Kier molecular flexibility index (Phi) is 7.02. The van der Waals surface area contributed by atoms with E-state index in [0.29, 0.717) is 25.8 Å². The van der Waals surface area contributed by atoms with E-state index in [1.165, 1.54) is 0 Å². The molecule has 0 aliphatic heterocycles. The van der Waals surface area contributed by atoms with E-state index in [1.54, 1.807) is 38.5 Å². The van der Waals surface area contributed by atoms with Crippen molar-refractivity contribution in [3.63, 3.8) is 0 Å². The highest BCUT2D eigenvalue weighted by atomic mass is 16.5. The highest BCUT2D eigenvalue weighted by Gasteiger charge is 2.07. The maximum Gasteiger partial charge on any atom is 0.335 e. The summed E-state index contributed by atoms with van der Waals surface area (Å²) in [5.41, 5.74) is 2.17. The fourth-order valence-electron chi connectivity index (χ4n) is 2.56. The van der Waals surface area contributed by atoms with Crippen LogP contribution in [0.2, 0.25) is 0 Å². The molecule has 0 aliphatic carbocycles. The number of carbonyl (C=O) groups excluding carboxylic acids is 1. The molecular weight excluding hydrogens is 334 g/mol. The number of carbonyl (C=O) groups is 2. The number of benzene rings is 2. The molecule has 0 spiro atoms. The Morgan fingerprint density at radius 3 is 2.35 bits per heavy atom. The summed E-state index contributed by atoms with van der Waals surface area (Å²) >= 11 is 0. The molecular formula is C20H23NO5. The molecule has 2 rings (SSSR count).